The van der Waals surface area contributed by atoms with E-state index in [2.05, 4.69) is 39.5 Å². The van der Waals surface area contributed by atoms with Crippen LogP contribution < -0.4 is 10.6 Å². The van der Waals surface area contributed by atoms with Crippen LogP contribution in [0, 0.1) is 6.92 Å². The van der Waals surface area contributed by atoms with Crippen LogP contribution in [0.5, 0.6) is 0 Å². The largest absolute Gasteiger partial charge is 0.383 e. The summed E-state index contributed by atoms with van der Waals surface area (Å²) in [7, 11) is 3.81. The molecule has 0 saturated heterocycles. The van der Waals surface area contributed by atoms with Crippen molar-refractivity contribution in [2.45, 2.75) is 20.3 Å². The molecular formula is C14H27N5O. The number of hydrogen-bond acceptors (Lipinski definition) is 6. The van der Waals surface area contributed by atoms with E-state index in [1.165, 1.54) is 0 Å². The number of nitrogens with zero attached hydrogens (tertiary/aromatic N) is 3. The van der Waals surface area contributed by atoms with Crippen molar-refractivity contribution in [3.05, 3.63) is 11.9 Å². The molecule has 0 aromatic carbocycles. The van der Waals surface area contributed by atoms with Crippen molar-refractivity contribution >= 4 is 11.6 Å². The van der Waals surface area contributed by atoms with Crippen LogP contribution >= 0.6 is 0 Å². The lowest BCUT2D eigenvalue weighted by Gasteiger charge is -2.16. The Kier molecular flexibility index (Phi) is 7.91. The third-order valence-corrected chi connectivity index (χ3v) is 2.87. The number of methoxy groups -OCH3 is 1. The van der Waals surface area contributed by atoms with E-state index in [0.717, 1.165) is 56.7 Å². The number of rotatable bonds is 10. The molecule has 6 heteroatoms. The zero-order chi connectivity index (χ0) is 14.8. The summed E-state index contributed by atoms with van der Waals surface area (Å²) in [5.41, 5.74) is 0. The molecule has 0 amide bonds. The first-order valence-corrected chi connectivity index (χ1v) is 7.16. The Morgan fingerprint density at radius 1 is 1.15 bits per heavy atom. The molecule has 1 heterocycles. The van der Waals surface area contributed by atoms with E-state index < -0.39 is 0 Å². The van der Waals surface area contributed by atoms with Crippen LogP contribution in [-0.2, 0) is 4.74 Å². The van der Waals surface area contributed by atoms with Gasteiger partial charge in [-0.25, -0.2) is 9.97 Å². The molecule has 20 heavy (non-hydrogen) atoms. The molecule has 0 fully saturated rings. The van der Waals surface area contributed by atoms with E-state index in [9.17, 15) is 0 Å². The maximum absolute atomic E-state index is 5.06. The average Bonchev–Trinajstić information content (AvgIpc) is 2.42. The summed E-state index contributed by atoms with van der Waals surface area (Å²) in [4.78, 5) is 11.0. The number of likely N-dealkylation sites (N-methyl/N-ethyl adjacent to an activating group) is 1. The fraction of sp³-hybridized carbons (Fsp3) is 0.714. The monoisotopic (exact) mass is 281 g/mol. The zero-order valence-corrected chi connectivity index (χ0v) is 13.1. The van der Waals surface area contributed by atoms with Crippen molar-refractivity contribution in [2.24, 2.45) is 0 Å². The van der Waals surface area contributed by atoms with Gasteiger partial charge in [-0.3, -0.25) is 0 Å². The molecule has 0 bridgehead atoms. The summed E-state index contributed by atoms with van der Waals surface area (Å²) in [5.74, 6) is 2.53. The predicted molar refractivity (Wildman–Crippen MR) is 83.4 cm³/mol. The Labute approximate surface area is 121 Å². The lowest BCUT2D eigenvalue weighted by atomic mass is 10.4. The Balaban J connectivity index is 2.40. The Bertz CT molecular complexity index is 386. The number of anilines is 2. The molecule has 0 aliphatic carbocycles. The molecule has 2 N–H and O–H groups in total. The summed E-state index contributed by atoms with van der Waals surface area (Å²) in [6.45, 7) is 8.46. The lowest BCUT2D eigenvalue weighted by molar-refractivity contribution is 0.163. The number of aromatic nitrogens is 2. The first-order chi connectivity index (χ1) is 9.65. The third-order valence-electron chi connectivity index (χ3n) is 2.87. The van der Waals surface area contributed by atoms with Gasteiger partial charge in [0, 0.05) is 39.4 Å². The van der Waals surface area contributed by atoms with Crippen molar-refractivity contribution in [3.63, 3.8) is 0 Å². The molecule has 114 valence electrons. The first kappa shape index (κ1) is 16.7. The topological polar surface area (TPSA) is 62.3 Å². The van der Waals surface area contributed by atoms with Crippen molar-refractivity contribution in [2.75, 3.05) is 57.6 Å². The van der Waals surface area contributed by atoms with Crippen LogP contribution in [0.15, 0.2) is 6.07 Å². The highest BCUT2D eigenvalue weighted by Crippen LogP contribution is 2.10. The zero-order valence-electron chi connectivity index (χ0n) is 13.1. The van der Waals surface area contributed by atoms with Crippen LogP contribution in [0.2, 0.25) is 0 Å². The third kappa shape index (κ3) is 6.68. The SMILES string of the molecule is CCCNc1cc(NCCN(C)CCOC)nc(C)n1. The van der Waals surface area contributed by atoms with Gasteiger partial charge in [0.2, 0.25) is 0 Å². The standard InChI is InChI=1S/C14H27N5O/c1-5-6-15-13-11-14(18-12(2)17-13)16-7-8-19(3)9-10-20-4/h11H,5-10H2,1-4H3,(H2,15,16,17,18). The van der Waals surface area contributed by atoms with Crippen molar-refractivity contribution in [1.29, 1.82) is 0 Å². The predicted octanol–water partition coefficient (Wildman–Crippen LogP) is 1.60. The molecule has 0 aliphatic rings. The minimum absolute atomic E-state index is 0.758. The number of ether oxygens (including phenoxy) is 1. The molecule has 0 spiro atoms. The van der Waals surface area contributed by atoms with Gasteiger partial charge >= 0.3 is 0 Å². The maximum Gasteiger partial charge on any atom is 0.131 e. The lowest BCUT2D eigenvalue weighted by Crippen LogP contribution is -2.28. The summed E-state index contributed by atoms with van der Waals surface area (Å²) in [6, 6.07) is 1.96. The van der Waals surface area contributed by atoms with Crippen LogP contribution in [0.4, 0.5) is 11.6 Å². The van der Waals surface area contributed by atoms with Gasteiger partial charge in [-0.2, -0.15) is 0 Å². The second kappa shape index (κ2) is 9.50. The fourth-order valence-electron chi connectivity index (χ4n) is 1.74. The Morgan fingerprint density at radius 3 is 2.40 bits per heavy atom. The summed E-state index contributed by atoms with van der Waals surface area (Å²) in [6.07, 6.45) is 1.08. The fourth-order valence-corrected chi connectivity index (χ4v) is 1.74. The van der Waals surface area contributed by atoms with Gasteiger partial charge in [-0.1, -0.05) is 6.92 Å². The Morgan fingerprint density at radius 2 is 1.80 bits per heavy atom. The highest BCUT2D eigenvalue weighted by Gasteiger charge is 2.02. The van der Waals surface area contributed by atoms with Gasteiger partial charge in [0.05, 0.1) is 6.61 Å². The highest BCUT2D eigenvalue weighted by atomic mass is 16.5. The van der Waals surface area contributed by atoms with E-state index in [4.69, 9.17) is 4.74 Å². The van der Waals surface area contributed by atoms with Gasteiger partial charge in [0.15, 0.2) is 0 Å². The quantitative estimate of drug-likeness (QED) is 0.679. The first-order valence-electron chi connectivity index (χ1n) is 7.16. The maximum atomic E-state index is 5.06. The summed E-state index contributed by atoms with van der Waals surface area (Å²) < 4.78 is 5.06. The van der Waals surface area contributed by atoms with E-state index in [-0.39, 0.29) is 0 Å². The van der Waals surface area contributed by atoms with Gasteiger partial charge in [-0.15, -0.1) is 0 Å². The van der Waals surface area contributed by atoms with Gasteiger partial charge in [-0.05, 0) is 20.4 Å². The summed E-state index contributed by atoms with van der Waals surface area (Å²) >= 11 is 0. The van der Waals surface area contributed by atoms with Gasteiger partial charge in [0.25, 0.3) is 0 Å². The molecule has 1 rings (SSSR count). The molecule has 0 saturated carbocycles. The molecule has 0 atom stereocenters. The van der Waals surface area contributed by atoms with E-state index in [1.807, 2.05) is 13.0 Å². The van der Waals surface area contributed by atoms with Crippen molar-refractivity contribution in [3.8, 4) is 0 Å². The normalized spacial score (nSPS) is 10.8. The average molecular weight is 281 g/mol. The van der Waals surface area contributed by atoms with E-state index in [1.54, 1.807) is 7.11 Å². The molecule has 0 aliphatic heterocycles. The number of hydrogen-bond donors (Lipinski definition) is 2. The summed E-state index contributed by atoms with van der Waals surface area (Å²) in [5, 5.41) is 6.62. The molecular weight excluding hydrogens is 254 g/mol. The molecule has 6 nitrogen and oxygen atoms in total. The Hall–Kier alpha value is -1.40. The second-order valence-electron chi connectivity index (χ2n) is 4.84. The number of nitrogens with one attached hydrogen (secondary N) is 2. The van der Waals surface area contributed by atoms with Crippen molar-refractivity contribution in [1.82, 2.24) is 14.9 Å². The van der Waals surface area contributed by atoms with Crippen molar-refractivity contribution < 1.29 is 4.74 Å². The van der Waals surface area contributed by atoms with Crippen LogP contribution in [-0.4, -0.2) is 61.8 Å². The van der Waals surface area contributed by atoms with E-state index >= 15 is 0 Å². The second-order valence-corrected chi connectivity index (χ2v) is 4.84. The van der Waals surface area contributed by atoms with Crippen LogP contribution in [0.25, 0.3) is 0 Å². The molecule has 0 unspecified atom stereocenters. The molecule has 0 radical (unpaired) electrons. The van der Waals surface area contributed by atoms with E-state index in [0.29, 0.717) is 0 Å². The highest BCUT2D eigenvalue weighted by molar-refractivity contribution is 5.47. The van der Waals surface area contributed by atoms with Gasteiger partial charge < -0.3 is 20.3 Å². The minimum atomic E-state index is 0.758. The van der Waals surface area contributed by atoms with Crippen LogP contribution in [0.3, 0.4) is 0 Å². The smallest absolute Gasteiger partial charge is 0.131 e. The van der Waals surface area contributed by atoms with Gasteiger partial charge in [0.1, 0.15) is 17.5 Å². The molecule has 1 aromatic heterocycles. The molecule has 1 aromatic rings. The minimum Gasteiger partial charge on any atom is -0.383 e. The van der Waals surface area contributed by atoms with Crippen LogP contribution in [0.1, 0.15) is 19.2 Å². The number of aryl methyl sites for hydroxylation is 1.